The van der Waals surface area contributed by atoms with E-state index in [0.29, 0.717) is 11.4 Å². The Morgan fingerprint density at radius 3 is 2.48 bits per heavy atom. The molecule has 29 heavy (non-hydrogen) atoms. The number of piperazine rings is 1. The van der Waals surface area contributed by atoms with Gasteiger partial charge in [-0.2, -0.15) is 0 Å². The number of β-amino-alcohol motifs (C(OH)–C–C–N with tert-alkyl or cyclic N) is 1. The number of nitrogens with zero attached hydrogens (tertiary/aromatic N) is 3. The van der Waals surface area contributed by atoms with Crippen LogP contribution < -0.4 is 4.90 Å². The van der Waals surface area contributed by atoms with Gasteiger partial charge in [0.25, 0.3) is 0 Å². The van der Waals surface area contributed by atoms with Crippen molar-refractivity contribution in [3.8, 4) is 0 Å². The second-order valence-electron chi connectivity index (χ2n) is 7.83. The second kappa shape index (κ2) is 11.3. The fourth-order valence-electron chi connectivity index (χ4n) is 3.66. The van der Waals surface area contributed by atoms with Crippen molar-refractivity contribution < 1.29 is 10.2 Å². The molecule has 0 spiro atoms. The van der Waals surface area contributed by atoms with Crippen LogP contribution in [0.1, 0.15) is 27.2 Å². The predicted molar refractivity (Wildman–Crippen MR) is 128 cm³/mol. The first-order valence-electron chi connectivity index (χ1n) is 9.42. The smallest absolute Gasteiger partial charge is 0.166 e. The molecule has 3 N–H and O–H groups in total. The molecule has 0 saturated carbocycles. The highest BCUT2D eigenvalue weighted by Gasteiger charge is 2.24. The summed E-state index contributed by atoms with van der Waals surface area (Å²) in [5.74, 6) is 0. The molecule has 3 rings (SSSR count). The highest BCUT2D eigenvalue weighted by atomic mass is 35.5. The number of nitrogens with one attached hydrogen (secondary N) is 1. The van der Waals surface area contributed by atoms with Crippen molar-refractivity contribution >= 4 is 64.9 Å². The van der Waals surface area contributed by atoms with Crippen molar-refractivity contribution in [1.29, 1.82) is 0 Å². The summed E-state index contributed by atoms with van der Waals surface area (Å²) in [5.41, 5.74) is 2.86. The second-order valence-corrected chi connectivity index (χ2v) is 9.93. The van der Waals surface area contributed by atoms with Gasteiger partial charge >= 0.3 is 0 Å². The third-order valence-corrected chi connectivity index (χ3v) is 6.23. The molecule has 2 heterocycles. The molecule has 1 aromatic heterocycles. The minimum atomic E-state index is -0.345. The first kappa shape index (κ1) is 26.6. The minimum absolute atomic E-state index is 0. The summed E-state index contributed by atoms with van der Waals surface area (Å²) in [4.78, 5) is 12.6. The van der Waals surface area contributed by atoms with Gasteiger partial charge in [-0.05, 0) is 25.5 Å². The minimum Gasteiger partial charge on any atom is -0.395 e. The number of anilines is 1. The Labute approximate surface area is 194 Å². The zero-order valence-electron chi connectivity index (χ0n) is 17.0. The number of imidazole rings is 1. The summed E-state index contributed by atoms with van der Waals surface area (Å²) in [6, 6.07) is 4.01. The quantitative estimate of drug-likeness (QED) is 0.518. The fraction of sp³-hybridized carbons (Fsp3) is 0.632. The van der Waals surface area contributed by atoms with Crippen molar-refractivity contribution in [3.05, 3.63) is 17.2 Å². The Morgan fingerprint density at radius 2 is 1.90 bits per heavy atom. The van der Waals surface area contributed by atoms with Crippen LogP contribution >= 0.6 is 48.2 Å². The number of aliphatic hydroxyl groups is 2. The molecule has 0 aliphatic carbocycles. The van der Waals surface area contributed by atoms with E-state index < -0.39 is 0 Å². The van der Waals surface area contributed by atoms with Crippen LogP contribution in [0.4, 0.5) is 5.69 Å². The summed E-state index contributed by atoms with van der Waals surface area (Å²) in [6.07, 6.45) is 0.348. The van der Waals surface area contributed by atoms with E-state index in [0.717, 1.165) is 54.6 Å². The standard InChI is InChI=1S/C19H29ClN4O2S.2ClH/c1-13(26)12-19(2,3)27-18-21-15-10-14(20)17(11-16(15)22-18)24-6-4-23(5-7-24)8-9-25;;/h10-11,13,25-26H,4-9,12H2,1-3H3,(H,21,22);2*1H. The van der Waals surface area contributed by atoms with Crippen LogP contribution in [0.15, 0.2) is 17.3 Å². The van der Waals surface area contributed by atoms with Crippen molar-refractivity contribution in [3.63, 3.8) is 0 Å². The number of fused-ring (bicyclic) bond motifs is 1. The van der Waals surface area contributed by atoms with E-state index in [4.69, 9.17) is 16.7 Å². The molecule has 1 saturated heterocycles. The number of aromatic amines is 1. The van der Waals surface area contributed by atoms with Crippen molar-refractivity contribution in [2.75, 3.05) is 44.2 Å². The van der Waals surface area contributed by atoms with Gasteiger partial charge in [-0.25, -0.2) is 4.98 Å². The van der Waals surface area contributed by atoms with Crippen LogP contribution in [-0.2, 0) is 0 Å². The van der Waals surface area contributed by atoms with Gasteiger partial charge in [0.15, 0.2) is 5.16 Å². The SMILES string of the molecule is CC(O)CC(C)(C)Sc1nc2cc(Cl)c(N3CCN(CCO)CC3)cc2[nH]1.Cl.Cl. The molecule has 10 heteroatoms. The van der Waals surface area contributed by atoms with Crippen LogP contribution in [0.25, 0.3) is 11.0 Å². The number of benzene rings is 1. The van der Waals surface area contributed by atoms with E-state index in [1.807, 2.05) is 13.0 Å². The lowest BCUT2D eigenvalue weighted by Crippen LogP contribution is -2.47. The summed E-state index contributed by atoms with van der Waals surface area (Å²) in [7, 11) is 0. The third kappa shape index (κ3) is 7.06. The maximum atomic E-state index is 9.69. The fourth-order valence-corrected chi connectivity index (χ4v) is 5.09. The van der Waals surface area contributed by atoms with Crippen molar-refractivity contribution in [1.82, 2.24) is 14.9 Å². The van der Waals surface area contributed by atoms with Gasteiger partial charge in [0.05, 0.1) is 34.5 Å². The Bertz CT molecular complexity index is 780. The van der Waals surface area contributed by atoms with E-state index in [1.54, 1.807) is 11.8 Å². The molecule has 1 fully saturated rings. The normalized spacial score (nSPS) is 16.4. The molecule has 1 atom stereocenters. The van der Waals surface area contributed by atoms with E-state index >= 15 is 0 Å². The van der Waals surface area contributed by atoms with Gasteiger partial charge in [-0.1, -0.05) is 37.2 Å². The molecule has 1 aliphatic heterocycles. The summed E-state index contributed by atoms with van der Waals surface area (Å²) < 4.78 is -0.113. The molecule has 2 aromatic rings. The summed E-state index contributed by atoms with van der Waals surface area (Å²) in [6.45, 7) is 10.6. The topological polar surface area (TPSA) is 75.6 Å². The molecule has 1 unspecified atom stereocenters. The van der Waals surface area contributed by atoms with E-state index in [1.165, 1.54) is 0 Å². The number of hydrogen-bond donors (Lipinski definition) is 3. The van der Waals surface area contributed by atoms with Crippen LogP contribution in [-0.4, -0.2) is 75.3 Å². The number of H-pyrrole nitrogens is 1. The van der Waals surface area contributed by atoms with E-state index in [9.17, 15) is 5.11 Å². The first-order valence-corrected chi connectivity index (χ1v) is 10.6. The Kier molecular flexibility index (Phi) is 10.4. The number of aliphatic hydroxyl groups excluding tert-OH is 2. The number of thioether (sulfide) groups is 1. The molecule has 0 radical (unpaired) electrons. The Balaban J connectivity index is 0.00000210. The van der Waals surface area contributed by atoms with Crippen LogP contribution in [0.2, 0.25) is 5.02 Å². The number of aromatic nitrogens is 2. The number of rotatable bonds is 7. The van der Waals surface area contributed by atoms with Crippen molar-refractivity contribution in [2.24, 2.45) is 0 Å². The maximum Gasteiger partial charge on any atom is 0.166 e. The van der Waals surface area contributed by atoms with Gasteiger partial charge in [0.2, 0.25) is 0 Å². The molecule has 1 aromatic carbocycles. The Morgan fingerprint density at radius 1 is 1.24 bits per heavy atom. The van der Waals surface area contributed by atoms with Gasteiger partial charge in [0, 0.05) is 37.5 Å². The van der Waals surface area contributed by atoms with E-state index in [2.05, 4.69) is 39.7 Å². The molecular weight excluding hydrogens is 455 g/mol. The van der Waals surface area contributed by atoms with Gasteiger partial charge < -0.3 is 20.1 Å². The third-order valence-electron chi connectivity index (χ3n) is 4.82. The van der Waals surface area contributed by atoms with Crippen LogP contribution in [0, 0.1) is 0 Å². The van der Waals surface area contributed by atoms with Gasteiger partial charge in [-0.3, -0.25) is 4.90 Å². The molecule has 0 bridgehead atoms. The van der Waals surface area contributed by atoms with Crippen LogP contribution in [0.5, 0.6) is 0 Å². The zero-order valence-corrected chi connectivity index (χ0v) is 20.2. The Hall–Kier alpha value is -0.410. The zero-order chi connectivity index (χ0) is 19.6. The van der Waals surface area contributed by atoms with E-state index in [-0.39, 0.29) is 42.3 Å². The lowest BCUT2D eigenvalue weighted by Gasteiger charge is -2.36. The monoisotopic (exact) mass is 484 g/mol. The predicted octanol–water partition coefficient (Wildman–Crippen LogP) is 3.82. The highest BCUT2D eigenvalue weighted by molar-refractivity contribution is 8.00. The molecular formula is C19H31Cl3N4O2S. The lowest BCUT2D eigenvalue weighted by molar-refractivity contribution is 0.174. The molecule has 0 amide bonds. The molecule has 1 aliphatic rings. The first-order chi connectivity index (χ1) is 12.8. The summed E-state index contributed by atoms with van der Waals surface area (Å²) >= 11 is 8.20. The summed E-state index contributed by atoms with van der Waals surface area (Å²) in [5, 5.41) is 20.3. The highest BCUT2D eigenvalue weighted by Crippen LogP contribution is 2.37. The van der Waals surface area contributed by atoms with Gasteiger partial charge in [0.1, 0.15) is 0 Å². The van der Waals surface area contributed by atoms with Crippen molar-refractivity contribution in [2.45, 2.75) is 43.2 Å². The maximum absolute atomic E-state index is 9.69. The van der Waals surface area contributed by atoms with Gasteiger partial charge in [-0.15, -0.1) is 24.8 Å². The number of halogens is 3. The number of hydrogen-bond acceptors (Lipinski definition) is 6. The lowest BCUT2D eigenvalue weighted by atomic mass is 10.1. The van der Waals surface area contributed by atoms with Crippen LogP contribution in [0.3, 0.4) is 0 Å². The molecule has 6 nitrogen and oxygen atoms in total. The largest absolute Gasteiger partial charge is 0.395 e. The average molecular weight is 486 g/mol. The molecule has 166 valence electrons. The average Bonchev–Trinajstić information content (AvgIpc) is 2.94.